The smallest absolute Gasteiger partial charge is 0.275 e. The van der Waals surface area contributed by atoms with Gasteiger partial charge in [-0.15, -0.1) is 0 Å². The van der Waals surface area contributed by atoms with Gasteiger partial charge in [-0.3, -0.25) is 4.79 Å². The van der Waals surface area contributed by atoms with Gasteiger partial charge in [0.1, 0.15) is 0 Å². The zero-order chi connectivity index (χ0) is 12.3. The largest absolute Gasteiger partial charge is 0.388 e. The van der Waals surface area contributed by atoms with Gasteiger partial charge >= 0.3 is 0 Å². The summed E-state index contributed by atoms with van der Waals surface area (Å²) >= 11 is 0. The summed E-state index contributed by atoms with van der Waals surface area (Å²) in [6.45, 7) is 1.34. The zero-order valence-corrected chi connectivity index (χ0v) is 9.72. The number of rotatable bonds is 3. The molecule has 2 N–H and O–H groups in total. The lowest BCUT2D eigenvalue weighted by Gasteiger charge is -2.35. The molecule has 1 aromatic rings. The molecule has 7 nitrogen and oxygen atoms in total. The Morgan fingerprint density at radius 1 is 1.65 bits per heavy atom. The highest BCUT2D eigenvalue weighted by atomic mass is 16.5. The second kappa shape index (κ2) is 4.80. The summed E-state index contributed by atoms with van der Waals surface area (Å²) in [5.41, 5.74) is -0.602. The van der Waals surface area contributed by atoms with E-state index >= 15 is 0 Å². The van der Waals surface area contributed by atoms with E-state index < -0.39 is 5.60 Å². The van der Waals surface area contributed by atoms with Crippen LogP contribution in [0.15, 0.2) is 6.20 Å². The molecule has 7 heteroatoms. The summed E-state index contributed by atoms with van der Waals surface area (Å²) in [6.07, 6.45) is 2.46. The number of aliphatic hydroxyl groups is 1. The fourth-order valence-corrected chi connectivity index (χ4v) is 1.92. The minimum absolute atomic E-state index is 0.251. The normalized spacial score (nSPS) is 18.9. The molecule has 0 bridgehead atoms. The minimum Gasteiger partial charge on any atom is -0.388 e. The van der Waals surface area contributed by atoms with Crippen LogP contribution < -0.4 is 0 Å². The number of ether oxygens (including phenoxy) is 1. The molecule has 94 valence electrons. The van der Waals surface area contributed by atoms with E-state index in [-0.39, 0.29) is 18.1 Å². The summed E-state index contributed by atoms with van der Waals surface area (Å²) in [7, 11) is 1.64. The Balaban J connectivity index is 1.96. The maximum absolute atomic E-state index is 11.9. The van der Waals surface area contributed by atoms with E-state index in [1.54, 1.807) is 7.05 Å². The van der Waals surface area contributed by atoms with Gasteiger partial charge < -0.3 is 14.7 Å². The zero-order valence-electron chi connectivity index (χ0n) is 9.72. The SMILES string of the molecule is CN(CC1(O)CCOCC1)C(=O)c1cn[nH]n1. The van der Waals surface area contributed by atoms with Crippen molar-refractivity contribution in [1.82, 2.24) is 20.3 Å². The number of H-pyrrole nitrogens is 1. The van der Waals surface area contributed by atoms with Crippen LogP contribution >= 0.6 is 0 Å². The molecular formula is C10H16N4O3. The van der Waals surface area contributed by atoms with Gasteiger partial charge in [-0.1, -0.05) is 0 Å². The highest BCUT2D eigenvalue weighted by molar-refractivity contribution is 5.91. The maximum atomic E-state index is 11.9. The van der Waals surface area contributed by atoms with Crippen LogP contribution in [0.25, 0.3) is 0 Å². The van der Waals surface area contributed by atoms with Gasteiger partial charge in [-0.2, -0.15) is 15.4 Å². The third-order valence-electron chi connectivity index (χ3n) is 2.94. The first kappa shape index (κ1) is 12.0. The van der Waals surface area contributed by atoms with Gasteiger partial charge in [-0.25, -0.2) is 0 Å². The molecule has 1 saturated heterocycles. The molecule has 2 heterocycles. The van der Waals surface area contributed by atoms with Crippen LogP contribution in [0, 0.1) is 0 Å². The van der Waals surface area contributed by atoms with Crippen molar-refractivity contribution >= 4 is 5.91 Å². The predicted octanol–water partition coefficient (Wildman–Crippen LogP) is -0.582. The molecule has 0 radical (unpaired) electrons. The highest BCUT2D eigenvalue weighted by Crippen LogP contribution is 2.21. The molecule has 0 atom stereocenters. The van der Waals surface area contributed by atoms with Gasteiger partial charge in [0.05, 0.1) is 11.8 Å². The van der Waals surface area contributed by atoms with Crippen LogP contribution in [0.2, 0.25) is 0 Å². The first-order valence-electron chi connectivity index (χ1n) is 5.52. The van der Waals surface area contributed by atoms with Crippen LogP contribution in [0.3, 0.4) is 0 Å². The number of aromatic amines is 1. The molecule has 0 aliphatic carbocycles. The number of likely N-dealkylation sites (N-methyl/N-ethyl adjacent to an activating group) is 1. The predicted molar refractivity (Wildman–Crippen MR) is 58.3 cm³/mol. The average Bonchev–Trinajstić information content (AvgIpc) is 2.81. The number of aromatic nitrogens is 3. The van der Waals surface area contributed by atoms with Crippen molar-refractivity contribution in [2.45, 2.75) is 18.4 Å². The number of nitrogens with zero attached hydrogens (tertiary/aromatic N) is 3. The van der Waals surface area contributed by atoms with Crippen molar-refractivity contribution < 1.29 is 14.6 Å². The topological polar surface area (TPSA) is 91.3 Å². The molecule has 0 spiro atoms. The quantitative estimate of drug-likeness (QED) is 0.737. The number of hydrogen-bond acceptors (Lipinski definition) is 5. The van der Waals surface area contributed by atoms with E-state index in [1.807, 2.05) is 0 Å². The molecule has 1 aliphatic heterocycles. The van der Waals surface area contributed by atoms with Gasteiger partial charge in [0.15, 0.2) is 5.69 Å². The maximum Gasteiger partial charge on any atom is 0.275 e. The Kier molecular flexibility index (Phi) is 3.39. The number of nitrogens with one attached hydrogen (secondary N) is 1. The van der Waals surface area contributed by atoms with Crippen molar-refractivity contribution in [3.63, 3.8) is 0 Å². The van der Waals surface area contributed by atoms with E-state index in [9.17, 15) is 9.90 Å². The molecule has 1 aliphatic rings. The molecule has 1 fully saturated rings. The summed E-state index contributed by atoms with van der Waals surface area (Å²) in [5, 5.41) is 20.0. The average molecular weight is 240 g/mol. The van der Waals surface area contributed by atoms with Crippen LogP contribution in [0.1, 0.15) is 23.3 Å². The Bertz CT molecular complexity index is 373. The molecule has 0 unspecified atom stereocenters. The molecule has 1 aromatic heterocycles. The lowest BCUT2D eigenvalue weighted by atomic mass is 9.94. The summed E-state index contributed by atoms with van der Waals surface area (Å²) < 4.78 is 5.19. The third-order valence-corrected chi connectivity index (χ3v) is 2.94. The van der Waals surface area contributed by atoms with Crippen LogP contribution in [-0.2, 0) is 4.74 Å². The van der Waals surface area contributed by atoms with Crippen LogP contribution in [0.5, 0.6) is 0 Å². The number of hydrogen-bond donors (Lipinski definition) is 2. The van der Waals surface area contributed by atoms with Crippen molar-refractivity contribution in [2.24, 2.45) is 0 Å². The summed E-state index contributed by atoms with van der Waals surface area (Å²) in [4.78, 5) is 13.3. The summed E-state index contributed by atoms with van der Waals surface area (Å²) in [5.74, 6) is -0.251. The Hall–Kier alpha value is -1.47. The third kappa shape index (κ3) is 2.80. The molecule has 2 rings (SSSR count). The molecule has 1 amide bonds. The lowest BCUT2D eigenvalue weighted by Crippen LogP contribution is -2.47. The highest BCUT2D eigenvalue weighted by Gasteiger charge is 2.32. The van der Waals surface area contributed by atoms with Crippen molar-refractivity contribution in [3.8, 4) is 0 Å². The second-order valence-electron chi connectivity index (χ2n) is 4.35. The monoisotopic (exact) mass is 240 g/mol. The van der Waals surface area contributed by atoms with Gasteiger partial charge in [0, 0.05) is 39.6 Å². The first-order chi connectivity index (χ1) is 8.11. The fraction of sp³-hybridized carbons (Fsp3) is 0.700. The van der Waals surface area contributed by atoms with Gasteiger partial charge in [-0.05, 0) is 0 Å². The van der Waals surface area contributed by atoms with E-state index in [4.69, 9.17) is 4.74 Å². The fourth-order valence-electron chi connectivity index (χ4n) is 1.92. The minimum atomic E-state index is -0.855. The van der Waals surface area contributed by atoms with Crippen LogP contribution in [0.4, 0.5) is 0 Å². The van der Waals surface area contributed by atoms with Gasteiger partial charge in [0.2, 0.25) is 0 Å². The van der Waals surface area contributed by atoms with Crippen molar-refractivity contribution in [3.05, 3.63) is 11.9 Å². The van der Waals surface area contributed by atoms with E-state index in [0.717, 1.165) is 0 Å². The Labute approximate surface area is 98.8 Å². The van der Waals surface area contributed by atoms with Crippen LogP contribution in [-0.4, -0.2) is 63.7 Å². The van der Waals surface area contributed by atoms with E-state index in [0.29, 0.717) is 26.1 Å². The number of carbonyl (C=O) groups is 1. The number of carbonyl (C=O) groups excluding carboxylic acids is 1. The Morgan fingerprint density at radius 3 is 2.94 bits per heavy atom. The first-order valence-corrected chi connectivity index (χ1v) is 5.52. The standard InChI is InChI=1S/C10H16N4O3/c1-14(9(15)8-6-11-13-12-8)7-10(16)2-4-17-5-3-10/h6,16H,2-5,7H2,1H3,(H,11,12,13). The second-order valence-corrected chi connectivity index (χ2v) is 4.35. The lowest BCUT2D eigenvalue weighted by molar-refractivity contribution is -0.0734. The number of amides is 1. The van der Waals surface area contributed by atoms with E-state index in [1.165, 1.54) is 11.1 Å². The summed E-state index contributed by atoms with van der Waals surface area (Å²) in [6, 6.07) is 0. The van der Waals surface area contributed by atoms with Crippen molar-refractivity contribution in [1.29, 1.82) is 0 Å². The van der Waals surface area contributed by atoms with Crippen molar-refractivity contribution in [2.75, 3.05) is 26.8 Å². The molecule has 0 aromatic carbocycles. The van der Waals surface area contributed by atoms with Gasteiger partial charge in [0.25, 0.3) is 5.91 Å². The molecular weight excluding hydrogens is 224 g/mol. The molecule has 0 saturated carbocycles. The Morgan fingerprint density at radius 2 is 2.35 bits per heavy atom. The van der Waals surface area contributed by atoms with E-state index in [2.05, 4.69) is 15.4 Å². The molecule has 17 heavy (non-hydrogen) atoms.